The third-order valence-electron chi connectivity index (χ3n) is 3.12. The zero-order valence-corrected chi connectivity index (χ0v) is 9.97. The molecule has 0 rings (SSSR count). The van der Waals surface area contributed by atoms with E-state index in [-0.39, 0.29) is 0 Å². The largest absolute Gasteiger partial charge is 0.0651 e. The summed E-state index contributed by atoms with van der Waals surface area (Å²) in [4.78, 5) is 0. The van der Waals surface area contributed by atoms with Crippen LogP contribution in [-0.2, 0) is 0 Å². The lowest BCUT2D eigenvalue weighted by molar-refractivity contribution is 0.461. The molecule has 0 amide bonds. The third-order valence-corrected chi connectivity index (χ3v) is 3.12. The zero-order valence-electron chi connectivity index (χ0n) is 9.97. The van der Waals surface area contributed by atoms with Crippen LogP contribution in [-0.4, -0.2) is 0 Å². The molecule has 79 valence electrons. The zero-order chi connectivity index (χ0) is 10.1. The summed E-state index contributed by atoms with van der Waals surface area (Å²) in [6.07, 6.45) is 10.8. The predicted molar refractivity (Wildman–Crippen MR) is 61.7 cm³/mol. The summed E-state index contributed by atoms with van der Waals surface area (Å²) in [6.45, 7) is 9.14. The van der Waals surface area contributed by atoms with Gasteiger partial charge < -0.3 is 0 Å². The average molecular weight is 183 g/mol. The second kappa shape index (κ2) is 8.59. The lowest BCUT2D eigenvalue weighted by Gasteiger charge is -2.09. The maximum absolute atomic E-state index is 2.36. The molecule has 2 atom stereocenters. The van der Waals surface area contributed by atoms with Crippen molar-refractivity contribution in [3.8, 4) is 0 Å². The van der Waals surface area contributed by atoms with E-state index in [1.165, 1.54) is 38.5 Å². The Morgan fingerprint density at radius 1 is 1.00 bits per heavy atom. The van der Waals surface area contributed by atoms with Crippen LogP contribution in [0.25, 0.3) is 0 Å². The van der Waals surface area contributed by atoms with E-state index in [1.807, 2.05) is 0 Å². The summed E-state index contributed by atoms with van der Waals surface area (Å²) in [5.74, 6) is 1.76. The van der Waals surface area contributed by atoms with Crippen molar-refractivity contribution in [2.24, 2.45) is 11.8 Å². The molecule has 0 bridgehead atoms. The molecule has 0 aliphatic heterocycles. The van der Waals surface area contributed by atoms with Crippen LogP contribution >= 0.6 is 0 Å². The first-order valence-electron chi connectivity index (χ1n) is 6.00. The molecule has 0 saturated carbocycles. The van der Waals surface area contributed by atoms with E-state index in [2.05, 4.69) is 34.1 Å². The second-order valence-corrected chi connectivity index (χ2v) is 4.46. The van der Waals surface area contributed by atoms with E-state index in [9.17, 15) is 0 Å². The maximum Gasteiger partial charge on any atom is -0.0389 e. The van der Waals surface area contributed by atoms with Crippen molar-refractivity contribution >= 4 is 0 Å². The van der Waals surface area contributed by atoms with E-state index in [4.69, 9.17) is 0 Å². The first-order valence-corrected chi connectivity index (χ1v) is 6.00. The Labute approximate surface area is 85.1 Å². The molecule has 0 aromatic rings. The molecule has 0 aliphatic carbocycles. The third kappa shape index (κ3) is 8.33. The van der Waals surface area contributed by atoms with Gasteiger partial charge in [0.05, 0.1) is 0 Å². The summed E-state index contributed by atoms with van der Waals surface area (Å²) in [5, 5.41) is 0. The summed E-state index contributed by atoms with van der Waals surface area (Å²) in [7, 11) is 0. The normalized spacial score (nSPS) is 15.7. The summed E-state index contributed by atoms with van der Waals surface area (Å²) in [5.41, 5.74) is 0. The summed E-state index contributed by atoms with van der Waals surface area (Å²) < 4.78 is 0. The van der Waals surface area contributed by atoms with Crippen LogP contribution in [0.3, 0.4) is 0 Å². The van der Waals surface area contributed by atoms with Crippen molar-refractivity contribution in [2.45, 2.75) is 66.2 Å². The fraction of sp³-hybridized carbons (Fsp3) is 0.923. The van der Waals surface area contributed by atoms with Crippen LogP contribution in [0, 0.1) is 18.3 Å². The highest BCUT2D eigenvalue weighted by Gasteiger charge is 2.00. The Balaban J connectivity index is 3.08. The average Bonchev–Trinajstić information content (AvgIpc) is 2.16. The Morgan fingerprint density at radius 2 is 1.62 bits per heavy atom. The Morgan fingerprint density at radius 3 is 2.15 bits per heavy atom. The van der Waals surface area contributed by atoms with Crippen molar-refractivity contribution in [3.05, 3.63) is 6.42 Å². The van der Waals surface area contributed by atoms with Gasteiger partial charge in [-0.1, -0.05) is 66.2 Å². The van der Waals surface area contributed by atoms with E-state index in [1.54, 1.807) is 0 Å². The fourth-order valence-corrected chi connectivity index (χ4v) is 1.51. The molecule has 0 aliphatic rings. The topological polar surface area (TPSA) is 0 Å². The summed E-state index contributed by atoms with van der Waals surface area (Å²) in [6, 6.07) is 0. The lowest BCUT2D eigenvalue weighted by Crippen LogP contribution is -1.94. The van der Waals surface area contributed by atoms with Crippen molar-refractivity contribution in [1.82, 2.24) is 0 Å². The van der Waals surface area contributed by atoms with Crippen LogP contribution in [0.4, 0.5) is 0 Å². The Hall–Kier alpha value is 0. The van der Waals surface area contributed by atoms with E-state index in [0.717, 1.165) is 11.8 Å². The molecule has 0 aromatic heterocycles. The quantitative estimate of drug-likeness (QED) is 0.472. The maximum atomic E-state index is 2.36. The van der Waals surface area contributed by atoms with E-state index >= 15 is 0 Å². The second-order valence-electron chi connectivity index (χ2n) is 4.46. The molecule has 13 heavy (non-hydrogen) atoms. The van der Waals surface area contributed by atoms with Gasteiger partial charge in [0.15, 0.2) is 0 Å². The standard InChI is InChI=1S/C13H27/c1-5-12(3)10-8-7-9-11-13(4)6-2/h5,12-13H,6-11H2,1-4H3. The minimum atomic E-state index is 0.823. The molecule has 0 spiro atoms. The van der Waals surface area contributed by atoms with Gasteiger partial charge in [0.25, 0.3) is 0 Å². The lowest BCUT2D eigenvalue weighted by atomic mass is 9.97. The minimum absolute atomic E-state index is 0.823. The van der Waals surface area contributed by atoms with Gasteiger partial charge in [-0.3, -0.25) is 0 Å². The van der Waals surface area contributed by atoms with Crippen LogP contribution < -0.4 is 0 Å². The molecule has 0 aromatic carbocycles. The summed E-state index contributed by atoms with van der Waals surface area (Å²) >= 11 is 0. The number of hydrogen-bond acceptors (Lipinski definition) is 0. The van der Waals surface area contributed by atoms with E-state index < -0.39 is 0 Å². The van der Waals surface area contributed by atoms with E-state index in [0.29, 0.717) is 0 Å². The molecule has 0 N–H and O–H groups in total. The van der Waals surface area contributed by atoms with Crippen LogP contribution in [0.2, 0.25) is 0 Å². The molecular formula is C13H27. The molecule has 0 heteroatoms. The van der Waals surface area contributed by atoms with Crippen molar-refractivity contribution in [3.63, 3.8) is 0 Å². The monoisotopic (exact) mass is 183 g/mol. The Kier molecular flexibility index (Phi) is 8.59. The number of rotatable bonds is 8. The highest BCUT2D eigenvalue weighted by molar-refractivity contribution is 4.66. The number of hydrogen-bond donors (Lipinski definition) is 0. The van der Waals surface area contributed by atoms with Gasteiger partial charge in [-0.15, -0.1) is 0 Å². The van der Waals surface area contributed by atoms with Crippen LogP contribution in [0.1, 0.15) is 66.2 Å². The minimum Gasteiger partial charge on any atom is -0.0651 e. The predicted octanol–water partition coefficient (Wildman–Crippen LogP) is 4.84. The van der Waals surface area contributed by atoms with Crippen molar-refractivity contribution in [1.29, 1.82) is 0 Å². The fourth-order valence-electron chi connectivity index (χ4n) is 1.51. The molecule has 0 saturated heterocycles. The highest BCUT2D eigenvalue weighted by Crippen LogP contribution is 2.15. The SMILES string of the molecule is C[CH]C(C)CCCCCC(C)CC. The molecule has 2 unspecified atom stereocenters. The molecule has 0 heterocycles. The smallest absolute Gasteiger partial charge is 0.0389 e. The Bertz CT molecular complexity index is 84.2. The molecular weight excluding hydrogens is 156 g/mol. The molecule has 1 radical (unpaired) electrons. The molecule has 0 fully saturated rings. The van der Waals surface area contributed by atoms with Crippen LogP contribution in [0.5, 0.6) is 0 Å². The highest BCUT2D eigenvalue weighted by atomic mass is 14.1. The van der Waals surface area contributed by atoms with Crippen molar-refractivity contribution in [2.75, 3.05) is 0 Å². The van der Waals surface area contributed by atoms with Gasteiger partial charge in [0.2, 0.25) is 0 Å². The van der Waals surface area contributed by atoms with Gasteiger partial charge in [-0.25, -0.2) is 0 Å². The van der Waals surface area contributed by atoms with Crippen LogP contribution in [0.15, 0.2) is 0 Å². The van der Waals surface area contributed by atoms with Gasteiger partial charge in [-0.05, 0) is 18.3 Å². The van der Waals surface area contributed by atoms with Gasteiger partial charge >= 0.3 is 0 Å². The number of unbranched alkanes of at least 4 members (excludes halogenated alkanes) is 2. The van der Waals surface area contributed by atoms with Crippen molar-refractivity contribution < 1.29 is 0 Å². The van der Waals surface area contributed by atoms with Gasteiger partial charge in [0, 0.05) is 0 Å². The molecule has 0 nitrogen and oxygen atoms in total. The van der Waals surface area contributed by atoms with Gasteiger partial charge in [-0.2, -0.15) is 0 Å². The first-order chi connectivity index (χ1) is 6.20. The first kappa shape index (κ1) is 13.0. The van der Waals surface area contributed by atoms with Gasteiger partial charge in [0.1, 0.15) is 0 Å².